The molecule has 1 aliphatic rings. The van der Waals surface area contributed by atoms with Gasteiger partial charge in [-0.25, -0.2) is 0 Å². The van der Waals surface area contributed by atoms with E-state index in [1.807, 2.05) is 0 Å². The molecule has 0 amide bonds. The average molecular weight is 231 g/mol. The Labute approximate surface area is 98.4 Å². The second kappa shape index (κ2) is 8.01. The van der Waals surface area contributed by atoms with E-state index in [0.717, 1.165) is 32.5 Å². The first kappa shape index (κ1) is 13.9. The molecular weight excluding hydrogens is 206 g/mol. The van der Waals surface area contributed by atoms with Crippen molar-refractivity contribution in [1.82, 2.24) is 0 Å². The highest BCUT2D eigenvalue weighted by Gasteiger charge is 2.32. The maximum Gasteiger partial charge on any atom is 0.0805 e. The maximum atomic E-state index is 5.87. The molecule has 1 aliphatic carbocycles. The van der Waals surface area contributed by atoms with Crippen molar-refractivity contribution in [3.05, 3.63) is 0 Å². The molecule has 96 valence electrons. The van der Waals surface area contributed by atoms with Gasteiger partial charge in [0, 0.05) is 26.9 Å². The number of rotatable bonds is 9. The first-order chi connectivity index (χ1) is 7.83. The van der Waals surface area contributed by atoms with Crippen LogP contribution in [0.1, 0.15) is 32.1 Å². The fourth-order valence-electron chi connectivity index (χ4n) is 2.15. The number of ether oxygens (including phenoxy) is 3. The average Bonchev–Trinajstić information content (AvgIpc) is 2.77. The molecule has 1 rings (SSSR count). The molecular formula is C12H25NO3. The molecule has 0 atom stereocenters. The first-order valence-electron chi connectivity index (χ1n) is 6.24. The molecule has 4 heteroatoms. The Bertz CT molecular complexity index is 170. The number of hydrogen-bond acceptors (Lipinski definition) is 4. The molecule has 0 unspecified atom stereocenters. The van der Waals surface area contributed by atoms with E-state index in [1.165, 1.54) is 12.8 Å². The topological polar surface area (TPSA) is 53.7 Å². The summed E-state index contributed by atoms with van der Waals surface area (Å²) >= 11 is 0. The van der Waals surface area contributed by atoms with Crippen molar-refractivity contribution >= 4 is 0 Å². The van der Waals surface area contributed by atoms with Gasteiger partial charge < -0.3 is 19.9 Å². The van der Waals surface area contributed by atoms with Crippen molar-refractivity contribution in [3.8, 4) is 0 Å². The number of methoxy groups -OCH3 is 1. The number of nitrogens with two attached hydrogens (primary N) is 1. The third-order valence-electron chi connectivity index (χ3n) is 3.16. The molecule has 0 aromatic heterocycles. The fraction of sp³-hybridized carbons (Fsp3) is 1.00. The summed E-state index contributed by atoms with van der Waals surface area (Å²) in [6.07, 6.45) is 5.64. The summed E-state index contributed by atoms with van der Waals surface area (Å²) in [7, 11) is 1.70. The van der Waals surface area contributed by atoms with Gasteiger partial charge in [0.15, 0.2) is 0 Å². The lowest BCUT2D eigenvalue weighted by Crippen LogP contribution is -2.38. The summed E-state index contributed by atoms with van der Waals surface area (Å²) in [6, 6.07) is 0. The molecule has 0 aliphatic heterocycles. The van der Waals surface area contributed by atoms with Crippen molar-refractivity contribution in [2.45, 2.75) is 37.7 Å². The SMILES string of the molecule is COCCCOCCOC1(CN)CCCC1. The van der Waals surface area contributed by atoms with Crippen LogP contribution in [0.2, 0.25) is 0 Å². The Kier molecular flexibility index (Phi) is 6.96. The number of hydrogen-bond donors (Lipinski definition) is 1. The quantitative estimate of drug-likeness (QED) is 0.608. The van der Waals surface area contributed by atoms with Gasteiger partial charge >= 0.3 is 0 Å². The van der Waals surface area contributed by atoms with Crippen molar-refractivity contribution in [3.63, 3.8) is 0 Å². The highest BCUT2D eigenvalue weighted by atomic mass is 16.5. The van der Waals surface area contributed by atoms with Crippen LogP contribution in [0.15, 0.2) is 0 Å². The van der Waals surface area contributed by atoms with Crippen molar-refractivity contribution in [1.29, 1.82) is 0 Å². The molecule has 0 heterocycles. The van der Waals surface area contributed by atoms with E-state index in [2.05, 4.69) is 0 Å². The predicted octanol–water partition coefficient (Wildman–Crippen LogP) is 1.33. The third-order valence-corrected chi connectivity index (χ3v) is 3.16. The zero-order valence-corrected chi connectivity index (χ0v) is 10.4. The van der Waals surface area contributed by atoms with E-state index in [9.17, 15) is 0 Å². The first-order valence-corrected chi connectivity index (χ1v) is 6.24. The van der Waals surface area contributed by atoms with Crippen LogP contribution in [0.5, 0.6) is 0 Å². The maximum absolute atomic E-state index is 5.87. The molecule has 1 saturated carbocycles. The van der Waals surface area contributed by atoms with Crippen LogP contribution in [-0.4, -0.2) is 45.7 Å². The van der Waals surface area contributed by atoms with Gasteiger partial charge in [0.25, 0.3) is 0 Å². The second-order valence-corrected chi connectivity index (χ2v) is 4.40. The molecule has 0 aromatic rings. The Hall–Kier alpha value is -0.160. The van der Waals surface area contributed by atoms with E-state index in [-0.39, 0.29) is 5.60 Å². The molecule has 0 spiro atoms. The Morgan fingerprint density at radius 1 is 1.06 bits per heavy atom. The van der Waals surface area contributed by atoms with Gasteiger partial charge in [0.1, 0.15) is 0 Å². The minimum Gasteiger partial charge on any atom is -0.385 e. The molecule has 4 nitrogen and oxygen atoms in total. The largest absolute Gasteiger partial charge is 0.385 e. The van der Waals surface area contributed by atoms with E-state index in [0.29, 0.717) is 19.8 Å². The van der Waals surface area contributed by atoms with Crippen LogP contribution in [0, 0.1) is 0 Å². The lowest BCUT2D eigenvalue weighted by atomic mass is 10.0. The second-order valence-electron chi connectivity index (χ2n) is 4.40. The highest BCUT2D eigenvalue weighted by molar-refractivity contribution is 4.87. The van der Waals surface area contributed by atoms with Crippen molar-refractivity contribution in [2.24, 2.45) is 5.73 Å². The molecule has 16 heavy (non-hydrogen) atoms. The van der Waals surface area contributed by atoms with Crippen LogP contribution in [0.25, 0.3) is 0 Å². The van der Waals surface area contributed by atoms with Gasteiger partial charge in [0.05, 0.1) is 18.8 Å². The van der Waals surface area contributed by atoms with E-state index >= 15 is 0 Å². The zero-order valence-electron chi connectivity index (χ0n) is 10.4. The van der Waals surface area contributed by atoms with Crippen LogP contribution >= 0.6 is 0 Å². The van der Waals surface area contributed by atoms with Gasteiger partial charge in [-0.3, -0.25) is 0 Å². The highest BCUT2D eigenvalue weighted by Crippen LogP contribution is 2.31. The van der Waals surface area contributed by atoms with E-state index in [4.69, 9.17) is 19.9 Å². The van der Waals surface area contributed by atoms with Crippen molar-refractivity contribution in [2.75, 3.05) is 40.1 Å². The van der Waals surface area contributed by atoms with E-state index < -0.39 is 0 Å². The zero-order chi connectivity index (χ0) is 11.7. The van der Waals surface area contributed by atoms with Gasteiger partial charge in [-0.15, -0.1) is 0 Å². The lowest BCUT2D eigenvalue weighted by molar-refractivity contribution is -0.0591. The Balaban J connectivity index is 1.97. The monoisotopic (exact) mass is 231 g/mol. The summed E-state index contributed by atoms with van der Waals surface area (Å²) in [5.74, 6) is 0. The summed E-state index contributed by atoms with van der Waals surface area (Å²) < 4.78 is 16.2. The van der Waals surface area contributed by atoms with Gasteiger partial charge in [-0.1, -0.05) is 12.8 Å². The summed E-state index contributed by atoms with van der Waals surface area (Å²) in [5, 5.41) is 0. The van der Waals surface area contributed by atoms with Gasteiger partial charge in [-0.05, 0) is 19.3 Å². The van der Waals surface area contributed by atoms with Crippen LogP contribution < -0.4 is 5.73 Å². The summed E-state index contributed by atoms with van der Waals surface area (Å²) in [4.78, 5) is 0. The van der Waals surface area contributed by atoms with Crippen LogP contribution in [0.4, 0.5) is 0 Å². The summed E-state index contributed by atoms with van der Waals surface area (Å²) in [6.45, 7) is 3.45. The standard InChI is InChI=1S/C12H25NO3/c1-14-7-4-8-15-9-10-16-12(11-13)5-2-3-6-12/h2-11,13H2,1H3. The van der Waals surface area contributed by atoms with E-state index in [1.54, 1.807) is 7.11 Å². The van der Waals surface area contributed by atoms with Crippen molar-refractivity contribution < 1.29 is 14.2 Å². The lowest BCUT2D eigenvalue weighted by Gasteiger charge is -2.27. The minimum atomic E-state index is -0.0457. The molecule has 0 aromatic carbocycles. The molecule has 0 radical (unpaired) electrons. The predicted molar refractivity (Wildman–Crippen MR) is 63.5 cm³/mol. The fourth-order valence-corrected chi connectivity index (χ4v) is 2.15. The molecule has 2 N–H and O–H groups in total. The normalized spacial score (nSPS) is 19.1. The molecule has 0 saturated heterocycles. The smallest absolute Gasteiger partial charge is 0.0805 e. The molecule has 1 fully saturated rings. The Morgan fingerprint density at radius 2 is 1.81 bits per heavy atom. The van der Waals surface area contributed by atoms with Crippen LogP contribution in [-0.2, 0) is 14.2 Å². The van der Waals surface area contributed by atoms with Gasteiger partial charge in [-0.2, -0.15) is 0 Å². The third kappa shape index (κ3) is 4.78. The molecule has 0 bridgehead atoms. The summed E-state index contributed by atoms with van der Waals surface area (Å²) in [5.41, 5.74) is 5.72. The van der Waals surface area contributed by atoms with Crippen LogP contribution in [0.3, 0.4) is 0 Å². The Morgan fingerprint density at radius 3 is 2.44 bits per heavy atom. The minimum absolute atomic E-state index is 0.0457. The van der Waals surface area contributed by atoms with Gasteiger partial charge in [0.2, 0.25) is 0 Å².